The largest absolute Gasteiger partial charge is 0.756 e. The quantitative estimate of drug-likeness (QED) is 0.0272. The monoisotopic (exact) mass is 1320 g/mol. The van der Waals surface area contributed by atoms with E-state index < -0.39 is 20.0 Å². The maximum absolute atomic E-state index is 13.1. The summed E-state index contributed by atoms with van der Waals surface area (Å²) in [5.41, 5.74) is 0. The molecule has 0 aliphatic carbocycles. The molecule has 8 nitrogen and oxygen atoms in total. The minimum absolute atomic E-state index is 0.0103. The third-order valence-electron chi connectivity index (χ3n) is 18.1. The van der Waals surface area contributed by atoms with Gasteiger partial charge in [-0.3, -0.25) is 9.36 Å². The first-order chi connectivity index (χ1) is 45.5. The number of phosphoric acid groups is 1. The average molecular weight is 1320 g/mol. The summed E-state index contributed by atoms with van der Waals surface area (Å²) in [4.78, 5) is 25.8. The summed E-state index contributed by atoms with van der Waals surface area (Å²) in [6.45, 7) is 4.65. The van der Waals surface area contributed by atoms with Crippen molar-refractivity contribution in [2.45, 2.75) is 392 Å². The first kappa shape index (κ1) is 90.4. The highest BCUT2D eigenvalue weighted by atomic mass is 31.2. The maximum Gasteiger partial charge on any atom is 0.268 e. The zero-order chi connectivity index (χ0) is 67.6. The summed E-state index contributed by atoms with van der Waals surface area (Å²) in [6.07, 6.45) is 107. The molecule has 0 spiro atoms. The number of amides is 1. The number of aliphatic hydroxyl groups is 1. The van der Waals surface area contributed by atoms with Gasteiger partial charge in [-0.2, -0.15) is 0 Å². The van der Waals surface area contributed by atoms with Gasteiger partial charge in [-0.1, -0.05) is 394 Å². The number of rotatable bonds is 74. The molecule has 0 aliphatic heterocycles. The normalized spacial score (nSPS) is 14.0. The van der Waals surface area contributed by atoms with Gasteiger partial charge in [0, 0.05) is 6.42 Å². The van der Waals surface area contributed by atoms with Crippen LogP contribution in [0.1, 0.15) is 380 Å². The Balaban J connectivity index is 3.98. The van der Waals surface area contributed by atoms with Crippen LogP contribution >= 0.6 is 7.82 Å². The number of aliphatic hydroxyl groups excluding tert-OH is 1. The standard InChI is InChI=1S/C84H155N2O6P/c1-6-8-10-12-14-16-18-20-22-24-26-28-30-32-34-36-38-40-41-42-43-44-45-46-48-50-52-54-56-58-60-62-64-66-68-70-72-74-76-78-84(88)85-82(81-92-93(89,90)91-80-79-86(3,4)5)83(87)77-75-73-71-69-67-65-63-61-59-57-55-53-51-49-47-39-37-35-33-31-29-27-25-23-21-19-17-15-13-11-9-7-2/h8,10,14,16,20,22,26,28,32,34,38,40,42-43,45-46,82-83,87H,6-7,9,11-13,15,17-19,21,23-25,27,29-31,33,35-37,39,41,44,47-81H2,1-5H3,(H-,85,88,89,90)/b10-8-,16-14-,22-20-,28-26-,34-32-,40-38-,43-42-,46-45-. The molecule has 9 heteroatoms. The molecule has 0 aromatic heterocycles. The number of nitrogens with zero attached hydrogens (tertiary/aromatic N) is 1. The number of likely N-dealkylation sites (N-methyl/N-ethyl adjacent to an activating group) is 1. The number of hydrogen-bond acceptors (Lipinski definition) is 6. The van der Waals surface area contributed by atoms with E-state index in [1.807, 2.05) is 21.1 Å². The number of carbonyl (C=O) groups is 1. The zero-order valence-corrected chi connectivity index (χ0v) is 63.1. The van der Waals surface area contributed by atoms with Gasteiger partial charge in [-0.25, -0.2) is 0 Å². The van der Waals surface area contributed by atoms with Crippen molar-refractivity contribution in [2.24, 2.45) is 0 Å². The lowest BCUT2D eigenvalue weighted by Crippen LogP contribution is -2.46. The second-order valence-corrected chi connectivity index (χ2v) is 29.8. The highest BCUT2D eigenvalue weighted by Crippen LogP contribution is 2.38. The first-order valence-electron chi connectivity index (χ1n) is 40.1. The lowest BCUT2D eigenvalue weighted by Gasteiger charge is -2.30. The van der Waals surface area contributed by atoms with Gasteiger partial charge >= 0.3 is 0 Å². The molecule has 0 fully saturated rings. The van der Waals surface area contributed by atoms with E-state index in [1.54, 1.807) is 0 Å². The molecule has 1 amide bonds. The molecule has 0 radical (unpaired) electrons. The second kappa shape index (κ2) is 73.7. The molecule has 542 valence electrons. The van der Waals surface area contributed by atoms with Gasteiger partial charge in [0.15, 0.2) is 0 Å². The molecule has 93 heavy (non-hydrogen) atoms. The molecular weight excluding hydrogens is 1160 g/mol. The summed E-state index contributed by atoms with van der Waals surface area (Å²) in [5.74, 6) is -0.162. The predicted octanol–water partition coefficient (Wildman–Crippen LogP) is 25.8. The predicted molar refractivity (Wildman–Crippen MR) is 408 cm³/mol. The van der Waals surface area contributed by atoms with Crippen molar-refractivity contribution in [2.75, 3.05) is 40.9 Å². The number of nitrogens with one attached hydrogen (secondary N) is 1. The van der Waals surface area contributed by atoms with Crippen molar-refractivity contribution < 1.29 is 32.9 Å². The Morgan fingerprint density at radius 1 is 0.387 bits per heavy atom. The second-order valence-electron chi connectivity index (χ2n) is 28.4. The number of allylic oxidation sites excluding steroid dienone is 16. The van der Waals surface area contributed by atoms with Crippen LogP contribution in [-0.4, -0.2) is 68.5 Å². The Morgan fingerprint density at radius 2 is 0.656 bits per heavy atom. The number of carbonyl (C=O) groups excluding carboxylic acids is 1. The van der Waals surface area contributed by atoms with Gasteiger partial charge in [0.2, 0.25) is 5.91 Å². The smallest absolute Gasteiger partial charge is 0.268 e. The summed E-state index contributed by atoms with van der Waals surface area (Å²) >= 11 is 0. The van der Waals surface area contributed by atoms with Crippen LogP contribution < -0.4 is 10.2 Å². The highest BCUT2D eigenvalue weighted by molar-refractivity contribution is 7.45. The lowest BCUT2D eigenvalue weighted by atomic mass is 10.0. The molecule has 0 saturated heterocycles. The van der Waals surface area contributed by atoms with E-state index in [4.69, 9.17) is 9.05 Å². The third-order valence-corrected chi connectivity index (χ3v) is 19.1. The van der Waals surface area contributed by atoms with E-state index in [2.05, 4.69) is 116 Å². The van der Waals surface area contributed by atoms with Crippen LogP contribution in [0, 0.1) is 0 Å². The van der Waals surface area contributed by atoms with Gasteiger partial charge in [0.05, 0.1) is 39.9 Å². The molecule has 0 saturated carbocycles. The highest BCUT2D eigenvalue weighted by Gasteiger charge is 2.24. The van der Waals surface area contributed by atoms with E-state index >= 15 is 0 Å². The molecule has 0 aromatic rings. The summed E-state index contributed by atoms with van der Waals surface area (Å²) < 4.78 is 23.6. The van der Waals surface area contributed by atoms with Crippen molar-refractivity contribution in [3.05, 3.63) is 97.2 Å². The Morgan fingerprint density at radius 3 is 0.957 bits per heavy atom. The van der Waals surface area contributed by atoms with Crippen molar-refractivity contribution in [1.29, 1.82) is 0 Å². The van der Waals surface area contributed by atoms with E-state index in [9.17, 15) is 19.4 Å². The van der Waals surface area contributed by atoms with Crippen molar-refractivity contribution in [1.82, 2.24) is 5.32 Å². The average Bonchev–Trinajstić information content (AvgIpc) is 1.94. The van der Waals surface area contributed by atoms with Gasteiger partial charge in [-0.15, -0.1) is 0 Å². The minimum atomic E-state index is -4.59. The van der Waals surface area contributed by atoms with Crippen molar-refractivity contribution in [3.8, 4) is 0 Å². The molecule has 0 aromatic carbocycles. The summed E-state index contributed by atoms with van der Waals surface area (Å²) in [6, 6.07) is -0.808. The minimum Gasteiger partial charge on any atom is -0.756 e. The van der Waals surface area contributed by atoms with Crippen LogP contribution in [0.15, 0.2) is 97.2 Å². The molecule has 0 aliphatic rings. The SMILES string of the molecule is CC/C=C\C/C=C\C/C=C\C/C=C\C/C=C\C/C=C\C/C=C\C/C=C\CCCCCCCCCCCCCCCCC(=O)NC(COP(=O)([O-])OCC[N+](C)(C)C)C(O)CCCCCCCCCCCCCCCCCCCCCCCCCCCCCCCCCC. The first-order valence-corrected chi connectivity index (χ1v) is 41.5. The van der Waals surface area contributed by atoms with E-state index in [0.29, 0.717) is 23.9 Å². The summed E-state index contributed by atoms with van der Waals surface area (Å²) in [7, 11) is 1.31. The van der Waals surface area contributed by atoms with Gasteiger partial charge in [0.1, 0.15) is 13.2 Å². The Bertz CT molecular complexity index is 1840. The van der Waals surface area contributed by atoms with E-state index in [-0.39, 0.29) is 19.1 Å². The number of phosphoric ester groups is 1. The number of unbranched alkanes of at least 4 members (excludes halogenated alkanes) is 45. The zero-order valence-electron chi connectivity index (χ0n) is 62.2. The Labute approximate surface area is 579 Å². The van der Waals surface area contributed by atoms with E-state index in [0.717, 1.165) is 89.9 Å². The molecular formula is C84H155N2O6P. The molecule has 3 atom stereocenters. The summed E-state index contributed by atoms with van der Waals surface area (Å²) in [5, 5.41) is 14.2. The molecule has 3 unspecified atom stereocenters. The van der Waals surface area contributed by atoms with Crippen LogP contribution in [0.5, 0.6) is 0 Å². The fourth-order valence-corrected chi connectivity index (χ4v) is 12.7. The number of quaternary nitrogens is 1. The van der Waals surface area contributed by atoms with Gasteiger partial charge < -0.3 is 28.8 Å². The molecule has 0 rings (SSSR count). The topological polar surface area (TPSA) is 108 Å². The third kappa shape index (κ3) is 76.7. The van der Waals surface area contributed by atoms with E-state index in [1.165, 1.54) is 263 Å². The molecule has 2 N–H and O–H groups in total. The van der Waals surface area contributed by atoms with Crippen LogP contribution in [0.25, 0.3) is 0 Å². The van der Waals surface area contributed by atoms with Crippen molar-refractivity contribution in [3.63, 3.8) is 0 Å². The fraction of sp³-hybridized carbons (Fsp3) is 0.798. The van der Waals surface area contributed by atoms with Gasteiger partial charge in [0.25, 0.3) is 7.82 Å². The fourth-order valence-electron chi connectivity index (χ4n) is 11.9. The van der Waals surface area contributed by atoms with Crippen LogP contribution in [0.4, 0.5) is 0 Å². The van der Waals surface area contributed by atoms with Crippen LogP contribution in [0.3, 0.4) is 0 Å². The number of hydrogen-bond donors (Lipinski definition) is 2. The van der Waals surface area contributed by atoms with Crippen LogP contribution in [0.2, 0.25) is 0 Å². The maximum atomic E-state index is 13.1. The molecule has 0 bridgehead atoms. The van der Waals surface area contributed by atoms with Gasteiger partial charge in [-0.05, 0) is 77.0 Å². The van der Waals surface area contributed by atoms with Crippen molar-refractivity contribution >= 4 is 13.7 Å². The lowest BCUT2D eigenvalue weighted by molar-refractivity contribution is -0.870. The molecule has 0 heterocycles. The van der Waals surface area contributed by atoms with Crippen LogP contribution in [-0.2, 0) is 18.4 Å². The Kier molecular flexibility index (Phi) is 71.6. The Hall–Kier alpha value is -2.58.